The van der Waals surface area contributed by atoms with Crippen LogP contribution in [-0.2, 0) is 21.4 Å². The van der Waals surface area contributed by atoms with Gasteiger partial charge in [0.1, 0.15) is 11.6 Å². The number of pyridine rings is 1. The number of rotatable bonds is 7. The van der Waals surface area contributed by atoms with Crippen LogP contribution in [0.25, 0.3) is 11.1 Å². The number of aliphatic carboxylic acids is 1. The molecular formula is C30H28N4O4. The average molecular weight is 509 g/mol. The van der Waals surface area contributed by atoms with E-state index >= 15 is 0 Å². The zero-order valence-corrected chi connectivity index (χ0v) is 21.3. The van der Waals surface area contributed by atoms with Gasteiger partial charge in [-0.2, -0.15) is 5.26 Å². The largest absolute Gasteiger partial charge is 0.493 e. The SMILES string of the molecule is CN(C)c1ccc(-c2ccc3c(c2)[C@]2(CCO3)C[C@H]2C(=O)Nc2cc(C#N)ccc2CC=CC(=O)O)cn1. The van der Waals surface area contributed by atoms with Gasteiger partial charge in [0.25, 0.3) is 0 Å². The van der Waals surface area contributed by atoms with Crippen molar-refractivity contribution in [3.05, 3.63) is 83.6 Å². The molecule has 0 unspecified atom stereocenters. The maximum absolute atomic E-state index is 13.5. The average Bonchev–Trinajstić information content (AvgIpc) is 3.64. The molecule has 0 bridgehead atoms. The van der Waals surface area contributed by atoms with Gasteiger partial charge in [-0.3, -0.25) is 4.79 Å². The second kappa shape index (κ2) is 10.0. The molecule has 1 amide bonds. The van der Waals surface area contributed by atoms with Gasteiger partial charge < -0.3 is 20.1 Å². The van der Waals surface area contributed by atoms with Crippen molar-refractivity contribution < 1.29 is 19.4 Å². The minimum absolute atomic E-state index is 0.112. The second-order valence-corrected chi connectivity index (χ2v) is 9.94. The van der Waals surface area contributed by atoms with Crippen molar-refractivity contribution in [1.29, 1.82) is 5.26 Å². The number of benzene rings is 2. The third-order valence-corrected chi connectivity index (χ3v) is 7.35. The number of carbonyl (C=O) groups excluding carboxylic acids is 1. The fourth-order valence-electron chi connectivity index (χ4n) is 5.19. The summed E-state index contributed by atoms with van der Waals surface area (Å²) in [4.78, 5) is 30.8. The lowest BCUT2D eigenvalue weighted by molar-refractivity contribution is -0.131. The van der Waals surface area contributed by atoms with Gasteiger partial charge in [0.15, 0.2) is 0 Å². The minimum atomic E-state index is -1.04. The molecule has 3 aromatic rings. The van der Waals surface area contributed by atoms with E-state index in [1.807, 2.05) is 49.5 Å². The van der Waals surface area contributed by atoms with E-state index in [9.17, 15) is 14.9 Å². The van der Waals surface area contributed by atoms with E-state index in [4.69, 9.17) is 9.84 Å². The Bertz CT molecular complexity index is 1470. The molecule has 1 aliphatic carbocycles. The summed E-state index contributed by atoms with van der Waals surface area (Å²) < 4.78 is 5.95. The van der Waals surface area contributed by atoms with Crippen LogP contribution < -0.4 is 15.0 Å². The molecule has 2 aromatic carbocycles. The molecule has 192 valence electrons. The first-order chi connectivity index (χ1) is 18.3. The van der Waals surface area contributed by atoms with E-state index in [0.29, 0.717) is 30.7 Å². The second-order valence-electron chi connectivity index (χ2n) is 9.94. The molecule has 8 heteroatoms. The summed E-state index contributed by atoms with van der Waals surface area (Å²) >= 11 is 0. The molecule has 2 aliphatic rings. The van der Waals surface area contributed by atoms with Crippen molar-refractivity contribution in [3.8, 4) is 22.9 Å². The van der Waals surface area contributed by atoms with Gasteiger partial charge in [-0.1, -0.05) is 18.2 Å². The topological polar surface area (TPSA) is 116 Å². The number of hydrogen-bond acceptors (Lipinski definition) is 6. The summed E-state index contributed by atoms with van der Waals surface area (Å²) in [7, 11) is 3.90. The summed E-state index contributed by atoms with van der Waals surface area (Å²) in [5.74, 6) is 0.301. The third kappa shape index (κ3) is 4.83. The van der Waals surface area contributed by atoms with Crippen LogP contribution in [0.15, 0.2) is 66.9 Å². The standard InChI is InChI=1S/C30H28N4O4/c1-34(2)27-11-9-22(18-32-27)21-8-10-26-23(15-21)30(12-13-38-26)16-24(30)29(37)33-25-14-19(17-31)6-7-20(25)4-3-5-28(35)36/h3,5-11,14-15,18,24H,4,12-13,16H2,1-2H3,(H,33,37)(H,35,36)/t24-,30-/m0/s1. The molecular weight excluding hydrogens is 480 g/mol. The van der Waals surface area contributed by atoms with Crippen LogP contribution in [0.1, 0.15) is 29.5 Å². The van der Waals surface area contributed by atoms with E-state index in [2.05, 4.69) is 22.4 Å². The minimum Gasteiger partial charge on any atom is -0.493 e. The fourth-order valence-corrected chi connectivity index (χ4v) is 5.19. The van der Waals surface area contributed by atoms with Crippen molar-refractivity contribution >= 4 is 23.4 Å². The first-order valence-electron chi connectivity index (χ1n) is 12.5. The van der Waals surface area contributed by atoms with Crippen LogP contribution in [0, 0.1) is 17.2 Å². The number of carbonyl (C=O) groups is 2. The van der Waals surface area contributed by atoms with Crippen LogP contribution in [0.2, 0.25) is 0 Å². The lowest BCUT2D eigenvalue weighted by atomic mass is 9.85. The maximum Gasteiger partial charge on any atom is 0.327 e. The number of fused-ring (bicyclic) bond motifs is 2. The molecule has 8 nitrogen and oxygen atoms in total. The normalized spacial score (nSPS) is 19.3. The molecule has 0 saturated heterocycles. The van der Waals surface area contributed by atoms with Gasteiger partial charge >= 0.3 is 5.97 Å². The van der Waals surface area contributed by atoms with Gasteiger partial charge in [-0.15, -0.1) is 0 Å². The molecule has 2 heterocycles. The lowest BCUT2D eigenvalue weighted by Gasteiger charge is -2.27. The molecule has 1 aromatic heterocycles. The van der Waals surface area contributed by atoms with Gasteiger partial charge in [-0.25, -0.2) is 9.78 Å². The predicted octanol–water partition coefficient (Wildman–Crippen LogP) is 4.55. The van der Waals surface area contributed by atoms with Gasteiger partial charge in [-0.05, 0) is 66.8 Å². The quantitative estimate of drug-likeness (QED) is 0.450. The fraction of sp³-hybridized carbons (Fsp3) is 0.267. The van der Waals surface area contributed by atoms with E-state index in [1.165, 1.54) is 6.08 Å². The number of anilines is 2. The van der Waals surface area contributed by atoms with Crippen LogP contribution >= 0.6 is 0 Å². The first kappa shape index (κ1) is 25.0. The Morgan fingerprint density at radius 1 is 1.21 bits per heavy atom. The Hall–Kier alpha value is -4.64. The number of carboxylic acid groups (broad SMARTS) is 1. The molecule has 1 fully saturated rings. The molecule has 0 radical (unpaired) electrons. The Morgan fingerprint density at radius 2 is 2.03 bits per heavy atom. The molecule has 1 spiro atoms. The van der Waals surface area contributed by atoms with E-state index in [0.717, 1.165) is 46.3 Å². The number of aromatic nitrogens is 1. The number of allylic oxidation sites excluding steroid dienone is 1. The number of nitrogens with zero attached hydrogens (tertiary/aromatic N) is 3. The number of nitriles is 1. The zero-order chi connectivity index (χ0) is 26.9. The van der Waals surface area contributed by atoms with Crippen molar-refractivity contribution in [3.63, 3.8) is 0 Å². The third-order valence-electron chi connectivity index (χ3n) is 7.35. The molecule has 1 saturated carbocycles. The van der Waals surface area contributed by atoms with E-state index in [1.54, 1.807) is 18.2 Å². The van der Waals surface area contributed by atoms with Crippen LogP contribution in [-0.4, -0.2) is 42.7 Å². The monoisotopic (exact) mass is 508 g/mol. The summed E-state index contributed by atoms with van der Waals surface area (Å²) in [5, 5.41) is 21.3. The van der Waals surface area contributed by atoms with Crippen molar-refractivity contribution in [1.82, 2.24) is 4.98 Å². The van der Waals surface area contributed by atoms with Crippen LogP contribution in [0.4, 0.5) is 11.5 Å². The highest BCUT2D eigenvalue weighted by molar-refractivity contribution is 5.97. The van der Waals surface area contributed by atoms with Gasteiger partial charge in [0.05, 0.1) is 18.2 Å². The van der Waals surface area contributed by atoms with Crippen molar-refractivity contribution in [2.45, 2.75) is 24.7 Å². The molecule has 2 N–H and O–H groups in total. The number of ether oxygens (including phenoxy) is 1. The van der Waals surface area contributed by atoms with Crippen molar-refractivity contribution in [2.24, 2.45) is 5.92 Å². The molecule has 5 rings (SSSR count). The van der Waals surface area contributed by atoms with Gasteiger partial charge in [0.2, 0.25) is 5.91 Å². The van der Waals surface area contributed by atoms with Crippen LogP contribution in [0.5, 0.6) is 5.75 Å². The number of hydrogen-bond donors (Lipinski definition) is 2. The van der Waals surface area contributed by atoms with Gasteiger partial charge in [0, 0.05) is 54.5 Å². The maximum atomic E-state index is 13.5. The molecule has 1 aliphatic heterocycles. The first-order valence-corrected chi connectivity index (χ1v) is 12.5. The smallest absolute Gasteiger partial charge is 0.327 e. The number of amides is 1. The zero-order valence-electron chi connectivity index (χ0n) is 21.3. The summed E-state index contributed by atoms with van der Waals surface area (Å²) in [5.41, 5.74) is 4.44. The van der Waals surface area contributed by atoms with E-state index in [-0.39, 0.29) is 17.2 Å². The Balaban J connectivity index is 1.40. The summed E-state index contributed by atoms with van der Waals surface area (Å²) in [6, 6.07) is 17.3. The summed E-state index contributed by atoms with van der Waals surface area (Å²) in [6.07, 6.45) is 6.22. The molecule has 2 atom stereocenters. The number of nitrogens with one attached hydrogen (secondary N) is 1. The summed E-state index contributed by atoms with van der Waals surface area (Å²) in [6.45, 7) is 0.546. The highest BCUT2D eigenvalue weighted by Gasteiger charge is 2.61. The molecule has 38 heavy (non-hydrogen) atoms. The van der Waals surface area contributed by atoms with E-state index < -0.39 is 5.97 Å². The highest BCUT2D eigenvalue weighted by atomic mass is 16.5. The number of carboxylic acids is 1. The van der Waals surface area contributed by atoms with Crippen molar-refractivity contribution in [2.75, 3.05) is 30.9 Å². The Morgan fingerprint density at radius 3 is 2.74 bits per heavy atom. The Kier molecular flexibility index (Phi) is 6.60. The van der Waals surface area contributed by atoms with Crippen LogP contribution in [0.3, 0.4) is 0 Å². The predicted molar refractivity (Wildman–Crippen MR) is 144 cm³/mol. The highest BCUT2D eigenvalue weighted by Crippen LogP contribution is 2.61. The lowest BCUT2D eigenvalue weighted by Crippen LogP contribution is -2.27. The Labute approximate surface area is 221 Å².